The van der Waals surface area contributed by atoms with E-state index in [1.54, 1.807) is 6.26 Å². The summed E-state index contributed by atoms with van der Waals surface area (Å²) in [5, 5.41) is 7.77. The first-order chi connectivity index (χ1) is 16.9. The van der Waals surface area contributed by atoms with Gasteiger partial charge in [0.15, 0.2) is 0 Å². The summed E-state index contributed by atoms with van der Waals surface area (Å²) in [4.78, 5) is 8.66. The van der Waals surface area contributed by atoms with E-state index in [0.717, 1.165) is 53.4 Å². The van der Waals surface area contributed by atoms with Gasteiger partial charge in [0, 0.05) is 33.9 Å². The van der Waals surface area contributed by atoms with Gasteiger partial charge in [0.25, 0.3) is 0 Å². The lowest BCUT2D eigenvalue weighted by Crippen LogP contribution is -2.16. The first-order valence-electron chi connectivity index (χ1n) is 12.1. The highest BCUT2D eigenvalue weighted by Crippen LogP contribution is 2.30. The molecule has 2 aromatic carbocycles. The van der Waals surface area contributed by atoms with Crippen molar-refractivity contribution in [2.75, 3.05) is 25.0 Å². The van der Waals surface area contributed by atoms with Gasteiger partial charge < -0.3 is 15.1 Å². The lowest BCUT2D eigenvalue weighted by Gasteiger charge is -2.14. The Morgan fingerprint density at radius 1 is 1.09 bits per heavy atom. The highest BCUT2D eigenvalue weighted by molar-refractivity contribution is 7.32. The zero-order chi connectivity index (χ0) is 25.0. The van der Waals surface area contributed by atoms with Crippen molar-refractivity contribution < 1.29 is 18.4 Å². The smallest absolute Gasteiger partial charge is 0.464 e. The number of anilines is 1. The molecule has 0 radical (unpaired) electrons. The van der Waals surface area contributed by atoms with Gasteiger partial charge >= 0.3 is 8.25 Å². The number of furan rings is 1. The molecule has 0 aliphatic heterocycles. The molecule has 0 saturated heterocycles. The van der Waals surface area contributed by atoms with E-state index in [1.807, 2.05) is 12.1 Å². The Morgan fingerprint density at radius 2 is 1.91 bits per heavy atom. The van der Waals surface area contributed by atoms with E-state index in [9.17, 15) is 4.57 Å². The van der Waals surface area contributed by atoms with Gasteiger partial charge in [-0.25, -0.2) is 0 Å². The van der Waals surface area contributed by atoms with E-state index >= 15 is 0 Å². The summed E-state index contributed by atoms with van der Waals surface area (Å²) in [5.74, 6) is 1.41. The molecule has 6 nitrogen and oxygen atoms in total. The minimum absolute atomic E-state index is 0.257. The first kappa shape index (κ1) is 27.4. The van der Waals surface area contributed by atoms with Crippen LogP contribution in [-0.2, 0) is 28.5 Å². The Labute approximate surface area is 214 Å². The maximum Gasteiger partial charge on any atom is 0.694 e. The van der Waals surface area contributed by atoms with Crippen molar-refractivity contribution in [3.63, 3.8) is 0 Å². The van der Waals surface area contributed by atoms with Crippen molar-refractivity contribution in [2.24, 2.45) is 5.92 Å². The molecule has 1 heterocycles. The van der Waals surface area contributed by atoms with Crippen LogP contribution in [-0.4, -0.2) is 24.6 Å². The van der Waals surface area contributed by atoms with E-state index < -0.39 is 8.25 Å². The quantitative estimate of drug-likeness (QED) is 0.149. The molecule has 188 valence electrons. The zero-order valence-corrected chi connectivity index (χ0v) is 22.1. The molecule has 1 unspecified atom stereocenters. The van der Waals surface area contributed by atoms with Crippen LogP contribution in [0.15, 0.2) is 59.2 Å². The van der Waals surface area contributed by atoms with Crippen LogP contribution in [0.1, 0.15) is 43.4 Å². The van der Waals surface area contributed by atoms with Crippen molar-refractivity contribution in [3.05, 3.63) is 76.5 Å². The molecule has 0 fully saturated rings. The second kappa shape index (κ2) is 14.4. The molecule has 0 amide bonds. The van der Waals surface area contributed by atoms with Gasteiger partial charge in [0.1, 0.15) is 12.4 Å². The Morgan fingerprint density at radius 3 is 2.63 bits per heavy atom. The van der Waals surface area contributed by atoms with Gasteiger partial charge in [0.2, 0.25) is 0 Å². The number of hydrogen-bond acceptors (Lipinski definition) is 5. The molecule has 3 rings (SSSR count). The number of rotatable bonds is 15. The van der Waals surface area contributed by atoms with Crippen molar-refractivity contribution in [1.29, 1.82) is 0 Å². The van der Waals surface area contributed by atoms with Gasteiger partial charge in [-0.2, -0.15) is 0 Å². The van der Waals surface area contributed by atoms with Gasteiger partial charge in [-0.15, -0.1) is 9.42 Å². The summed E-state index contributed by atoms with van der Waals surface area (Å²) in [6.07, 6.45) is 5.30. The van der Waals surface area contributed by atoms with Crippen LogP contribution >= 0.6 is 19.9 Å². The molecule has 3 N–H and O–H groups in total. The normalized spacial score (nSPS) is 11.7. The van der Waals surface area contributed by atoms with Crippen LogP contribution < -0.4 is 10.6 Å². The summed E-state index contributed by atoms with van der Waals surface area (Å²) < 4.78 is 20.9. The van der Waals surface area contributed by atoms with Gasteiger partial charge in [-0.3, -0.25) is 0 Å². The molecular formula is C27H35ClN2O4P+. The Bertz CT molecular complexity index is 1070. The van der Waals surface area contributed by atoms with Gasteiger partial charge in [-0.1, -0.05) is 43.6 Å². The molecule has 1 atom stereocenters. The average molecular weight is 518 g/mol. The predicted molar refractivity (Wildman–Crippen MR) is 143 cm³/mol. The molecular weight excluding hydrogens is 483 g/mol. The molecule has 0 spiro atoms. The topological polar surface area (TPSA) is 83.7 Å². The Hall–Kier alpha value is -2.21. The summed E-state index contributed by atoms with van der Waals surface area (Å²) in [6, 6.07) is 16.6. The second-order valence-corrected chi connectivity index (χ2v) is 10.2. The summed E-state index contributed by atoms with van der Waals surface area (Å²) in [7, 11) is -2.52. The number of aryl methyl sites for hydroxylation is 1. The van der Waals surface area contributed by atoms with Crippen LogP contribution in [0, 0.1) is 5.92 Å². The Balaban J connectivity index is 1.53. The summed E-state index contributed by atoms with van der Waals surface area (Å²) in [6.45, 7) is 6.89. The fourth-order valence-electron chi connectivity index (χ4n) is 3.93. The molecule has 1 aromatic heterocycles. The maximum atomic E-state index is 10.5. The molecule has 0 bridgehead atoms. The third-order valence-electron chi connectivity index (χ3n) is 5.60. The maximum absolute atomic E-state index is 10.5. The van der Waals surface area contributed by atoms with Crippen LogP contribution in [0.3, 0.4) is 0 Å². The van der Waals surface area contributed by atoms with Crippen LogP contribution in [0.25, 0.3) is 11.3 Å². The van der Waals surface area contributed by atoms with Crippen molar-refractivity contribution in [2.45, 2.75) is 46.1 Å². The van der Waals surface area contributed by atoms with Crippen LogP contribution in [0.4, 0.5) is 5.69 Å². The van der Waals surface area contributed by atoms with Gasteiger partial charge in [0.05, 0.1) is 6.26 Å². The van der Waals surface area contributed by atoms with E-state index in [1.165, 1.54) is 11.1 Å². The fraction of sp³-hybridized carbons (Fsp3) is 0.407. The lowest BCUT2D eigenvalue weighted by molar-refractivity contribution is 0.276. The van der Waals surface area contributed by atoms with Crippen molar-refractivity contribution in [1.82, 2.24) is 5.32 Å². The SMILES string of the molecule is CC(C)Cc1ccc(CCCNc2ccc(CNCCCO[P+](=O)O)cc2-c2ccco2)cc1Cl. The molecule has 0 saturated carbocycles. The average Bonchev–Trinajstić information content (AvgIpc) is 3.35. The molecule has 3 aromatic rings. The third-order valence-corrected chi connectivity index (χ3v) is 6.36. The fourth-order valence-corrected chi connectivity index (χ4v) is 4.50. The lowest BCUT2D eigenvalue weighted by atomic mass is 10.00. The Kier molecular flexibility index (Phi) is 11.2. The molecule has 0 aliphatic rings. The van der Waals surface area contributed by atoms with Crippen molar-refractivity contribution >= 4 is 25.5 Å². The van der Waals surface area contributed by atoms with E-state index in [4.69, 9.17) is 20.9 Å². The van der Waals surface area contributed by atoms with Crippen LogP contribution in [0.2, 0.25) is 5.02 Å². The monoisotopic (exact) mass is 517 g/mol. The third kappa shape index (κ3) is 9.40. The minimum atomic E-state index is -2.52. The molecule has 0 aliphatic carbocycles. The van der Waals surface area contributed by atoms with E-state index in [2.05, 4.69) is 65.4 Å². The largest absolute Gasteiger partial charge is 0.694 e. The number of nitrogens with one attached hydrogen (secondary N) is 2. The number of halogens is 1. The predicted octanol–water partition coefficient (Wildman–Crippen LogP) is 6.99. The standard InChI is InChI=1S/C27H34ClN2O4P/c1-20(2)16-23-10-8-21(18-25(23)28)6-3-13-30-26-11-9-22(17-24(26)27-7-4-14-33-27)19-29-12-5-15-34-35(31)32/h4,7-11,14,17-18,20,29-30H,3,5-6,12-13,15-16,19H2,1-2H3/p+1. The number of hydrogen-bond donors (Lipinski definition) is 3. The summed E-state index contributed by atoms with van der Waals surface area (Å²) >= 11 is 6.49. The first-order valence-corrected chi connectivity index (χ1v) is 13.6. The van der Waals surface area contributed by atoms with E-state index in [-0.39, 0.29) is 6.61 Å². The van der Waals surface area contributed by atoms with E-state index in [0.29, 0.717) is 25.4 Å². The highest BCUT2D eigenvalue weighted by atomic mass is 35.5. The van der Waals surface area contributed by atoms with Gasteiger partial charge in [-0.05, 0) is 85.2 Å². The van der Waals surface area contributed by atoms with Crippen LogP contribution in [0.5, 0.6) is 0 Å². The second-order valence-electron chi connectivity index (χ2n) is 9.01. The minimum Gasteiger partial charge on any atom is -0.464 e. The molecule has 8 heteroatoms. The molecule has 35 heavy (non-hydrogen) atoms. The summed E-state index contributed by atoms with van der Waals surface area (Å²) in [5.41, 5.74) is 5.67. The zero-order valence-electron chi connectivity index (χ0n) is 20.4. The number of benzene rings is 2. The highest BCUT2D eigenvalue weighted by Gasteiger charge is 2.11. The van der Waals surface area contributed by atoms with Crippen molar-refractivity contribution in [3.8, 4) is 11.3 Å².